The van der Waals surface area contributed by atoms with Gasteiger partial charge in [-0.25, -0.2) is 4.79 Å². The number of hydrogen-bond acceptors (Lipinski definition) is 4. The van der Waals surface area contributed by atoms with E-state index in [9.17, 15) is 4.79 Å². The fraction of sp³-hybridized carbons (Fsp3) is 0.812. The summed E-state index contributed by atoms with van der Waals surface area (Å²) in [7, 11) is 0. The zero-order valence-corrected chi connectivity index (χ0v) is 14.6. The molecule has 118 valence electrons. The van der Waals surface area contributed by atoms with Crippen LogP contribution in [0.1, 0.15) is 58.3 Å². The lowest BCUT2D eigenvalue weighted by Crippen LogP contribution is -2.08. The van der Waals surface area contributed by atoms with Crippen LogP contribution in [0.15, 0.2) is 12.2 Å². The number of hydrogen-bond donors (Lipinski definition) is 1. The predicted octanol–water partition coefficient (Wildman–Crippen LogP) is 4.89. The molecule has 0 spiro atoms. The normalized spacial score (nSPS) is 10.5. The first kappa shape index (κ1) is 19.9. The Morgan fingerprint density at radius 2 is 1.60 bits per heavy atom. The molecule has 2 nitrogen and oxygen atoms in total. The Balaban J connectivity index is 3.20. The molecule has 0 aromatic rings. The topological polar surface area (TPSA) is 26.3 Å². The van der Waals surface area contributed by atoms with Crippen LogP contribution in [0.2, 0.25) is 0 Å². The van der Waals surface area contributed by atoms with E-state index >= 15 is 0 Å². The van der Waals surface area contributed by atoms with Gasteiger partial charge in [0.15, 0.2) is 0 Å². The highest BCUT2D eigenvalue weighted by Crippen LogP contribution is 2.13. The zero-order valence-electron chi connectivity index (χ0n) is 12.9. The van der Waals surface area contributed by atoms with E-state index in [-0.39, 0.29) is 5.97 Å². The number of thiol groups is 1. The molecule has 0 amide bonds. The van der Waals surface area contributed by atoms with Crippen molar-refractivity contribution in [3.05, 3.63) is 12.2 Å². The Morgan fingerprint density at radius 1 is 1.05 bits per heavy atom. The number of esters is 1. The molecule has 0 aromatic heterocycles. The number of rotatable bonds is 14. The Hall–Kier alpha value is -0.0900. The molecule has 0 heterocycles. The van der Waals surface area contributed by atoms with E-state index in [0.29, 0.717) is 17.9 Å². The summed E-state index contributed by atoms with van der Waals surface area (Å²) in [6.45, 7) is 6.00. The van der Waals surface area contributed by atoms with Crippen LogP contribution in [-0.4, -0.2) is 29.8 Å². The van der Waals surface area contributed by atoms with E-state index in [1.807, 2.05) is 6.92 Å². The van der Waals surface area contributed by atoms with Gasteiger partial charge < -0.3 is 4.74 Å². The van der Waals surface area contributed by atoms with Crippen molar-refractivity contribution in [1.82, 2.24) is 0 Å². The lowest BCUT2D eigenvalue weighted by Gasteiger charge is -2.05. The third-order valence-electron chi connectivity index (χ3n) is 3.04. The van der Waals surface area contributed by atoms with Crippen molar-refractivity contribution in [3.63, 3.8) is 0 Å². The molecule has 0 aromatic carbocycles. The van der Waals surface area contributed by atoms with Crippen molar-refractivity contribution in [2.24, 2.45) is 0 Å². The van der Waals surface area contributed by atoms with Crippen molar-refractivity contribution in [3.8, 4) is 0 Å². The van der Waals surface area contributed by atoms with Gasteiger partial charge in [0.1, 0.15) is 0 Å². The van der Waals surface area contributed by atoms with E-state index in [0.717, 1.165) is 11.5 Å². The molecule has 0 aliphatic heterocycles. The maximum Gasteiger partial charge on any atom is 0.334 e. The number of unbranched alkanes of at least 4 members (excludes halogenated alkanes) is 7. The minimum absolute atomic E-state index is 0.249. The third-order valence-corrected chi connectivity index (χ3v) is 4.48. The maximum absolute atomic E-state index is 11.3. The number of carbonyl (C=O) groups is 1. The van der Waals surface area contributed by atoms with Crippen molar-refractivity contribution < 1.29 is 9.53 Å². The highest BCUT2D eigenvalue weighted by atomic mass is 32.2. The quantitative estimate of drug-likeness (QED) is 0.214. The van der Waals surface area contributed by atoms with Crippen LogP contribution in [0.3, 0.4) is 0 Å². The molecule has 0 bridgehead atoms. The Kier molecular flexibility index (Phi) is 15.2. The lowest BCUT2D eigenvalue weighted by molar-refractivity contribution is -0.138. The van der Waals surface area contributed by atoms with Crippen molar-refractivity contribution in [1.29, 1.82) is 0 Å². The summed E-state index contributed by atoms with van der Waals surface area (Å²) < 4.78 is 4.90. The van der Waals surface area contributed by atoms with Crippen molar-refractivity contribution in [2.45, 2.75) is 58.3 Å². The van der Waals surface area contributed by atoms with Gasteiger partial charge in [-0.15, -0.1) is 0 Å². The van der Waals surface area contributed by atoms with E-state index in [2.05, 4.69) is 19.2 Å². The minimum Gasteiger partial charge on any atom is -0.463 e. The van der Waals surface area contributed by atoms with Gasteiger partial charge in [-0.1, -0.05) is 45.1 Å². The Morgan fingerprint density at radius 3 is 2.15 bits per heavy atom. The van der Waals surface area contributed by atoms with Crippen LogP contribution in [0.4, 0.5) is 0 Å². The first-order chi connectivity index (χ1) is 9.72. The van der Waals surface area contributed by atoms with Crippen LogP contribution < -0.4 is 0 Å². The smallest absolute Gasteiger partial charge is 0.334 e. The number of thioether (sulfide) groups is 1. The minimum atomic E-state index is -0.249. The number of carbonyl (C=O) groups excluding carboxylic acids is 1. The molecule has 0 rings (SSSR count). The average Bonchev–Trinajstić information content (AvgIpc) is 2.44. The monoisotopic (exact) mass is 318 g/mol. The van der Waals surface area contributed by atoms with Crippen molar-refractivity contribution >= 4 is 30.4 Å². The highest BCUT2D eigenvalue weighted by Gasteiger charge is 2.06. The van der Waals surface area contributed by atoms with Gasteiger partial charge in [-0.3, -0.25) is 0 Å². The van der Waals surface area contributed by atoms with Crippen LogP contribution >= 0.6 is 24.4 Å². The molecule has 20 heavy (non-hydrogen) atoms. The van der Waals surface area contributed by atoms with Gasteiger partial charge in [0.25, 0.3) is 0 Å². The van der Waals surface area contributed by atoms with Gasteiger partial charge in [0.2, 0.25) is 0 Å². The molecule has 0 saturated heterocycles. The van der Waals surface area contributed by atoms with Crippen LogP contribution in [0.25, 0.3) is 0 Å². The van der Waals surface area contributed by atoms with Gasteiger partial charge in [-0.05, 0) is 31.3 Å². The van der Waals surface area contributed by atoms with Crippen LogP contribution in [0.5, 0.6) is 0 Å². The third kappa shape index (κ3) is 12.9. The van der Waals surface area contributed by atoms with Gasteiger partial charge >= 0.3 is 5.97 Å². The standard InChI is InChI=1S/C16H30O2S2/c1-3-18-16(17)15(2)14-20-13-11-9-7-5-4-6-8-10-12-19/h19H,2-14H2,1H3. The molecule has 0 aliphatic rings. The molecule has 0 saturated carbocycles. The van der Waals surface area contributed by atoms with Gasteiger partial charge in [0.05, 0.1) is 6.61 Å². The largest absolute Gasteiger partial charge is 0.463 e. The first-order valence-electron chi connectivity index (χ1n) is 7.75. The average molecular weight is 319 g/mol. The Labute approximate surface area is 134 Å². The predicted molar refractivity (Wildman–Crippen MR) is 93.9 cm³/mol. The summed E-state index contributed by atoms with van der Waals surface area (Å²) in [6.07, 6.45) is 10.5. The molecule has 0 N–H and O–H groups in total. The fourth-order valence-corrected chi connectivity index (χ4v) is 3.00. The van der Waals surface area contributed by atoms with E-state index in [4.69, 9.17) is 4.74 Å². The van der Waals surface area contributed by atoms with Crippen LogP contribution in [-0.2, 0) is 9.53 Å². The highest BCUT2D eigenvalue weighted by molar-refractivity contribution is 7.99. The van der Waals surface area contributed by atoms with Gasteiger partial charge in [-0.2, -0.15) is 24.4 Å². The van der Waals surface area contributed by atoms with Crippen molar-refractivity contribution in [2.75, 3.05) is 23.9 Å². The second kappa shape index (κ2) is 15.3. The Bertz CT molecular complexity index is 255. The molecule has 0 aliphatic carbocycles. The van der Waals surface area contributed by atoms with E-state index in [1.54, 1.807) is 11.8 Å². The molecule has 0 fully saturated rings. The summed E-state index contributed by atoms with van der Waals surface area (Å²) in [6, 6.07) is 0. The fourth-order valence-electron chi connectivity index (χ4n) is 1.86. The molecule has 0 unspecified atom stereocenters. The summed E-state index contributed by atoms with van der Waals surface area (Å²) in [5, 5.41) is 0. The maximum atomic E-state index is 11.3. The molecular formula is C16H30O2S2. The van der Waals surface area contributed by atoms with Gasteiger partial charge in [0, 0.05) is 11.3 Å². The zero-order chi connectivity index (χ0) is 15.1. The first-order valence-corrected chi connectivity index (χ1v) is 9.54. The molecule has 0 atom stereocenters. The second-order valence-electron chi connectivity index (χ2n) is 4.93. The summed E-state index contributed by atoms with van der Waals surface area (Å²) in [5.41, 5.74) is 0.584. The molecule has 0 radical (unpaired) electrons. The number of ether oxygens (including phenoxy) is 1. The molecule has 4 heteroatoms. The molecular weight excluding hydrogens is 288 g/mol. The SMILES string of the molecule is C=C(CSCCCCCCCCCCS)C(=O)OCC. The van der Waals surface area contributed by atoms with E-state index in [1.165, 1.54) is 51.4 Å². The summed E-state index contributed by atoms with van der Waals surface area (Å²) in [5.74, 6) is 2.58. The summed E-state index contributed by atoms with van der Waals surface area (Å²) >= 11 is 5.99. The lowest BCUT2D eigenvalue weighted by atomic mass is 10.1. The van der Waals surface area contributed by atoms with Crippen LogP contribution in [0, 0.1) is 0 Å². The summed E-state index contributed by atoms with van der Waals surface area (Å²) in [4.78, 5) is 11.3. The van der Waals surface area contributed by atoms with E-state index < -0.39 is 0 Å². The second-order valence-corrected chi connectivity index (χ2v) is 6.48.